The van der Waals surface area contributed by atoms with Crippen molar-refractivity contribution in [1.82, 2.24) is 9.78 Å². The number of para-hydroxylation sites is 1. The van der Waals surface area contributed by atoms with Crippen molar-refractivity contribution in [1.29, 1.82) is 0 Å². The molecule has 0 saturated heterocycles. The molecular weight excluding hydrogens is 204 g/mol. The molecule has 0 unspecified atom stereocenters. The number of nitrogens with one attached hydrogen (secondary N) is 1. The summed E-state index contributed by atoms with van der Waals surface area (Å²) in [7, 11) is 0. The number of carbonyl (C=O) groups is 1. The summed E-state index contributed by atoms with van der Waals surface area (Å²) in [6, 6.07) is 7.51. The second-order valence-corrected chi connectivity index (χ2v) is 3.70. The van der Waals surface area contributed by atoms with Crippen molar-refractivity contribution in [3.05, 3.63) is 51.4 Å². The molecule has 1 heterocycles. The largest absolute Gasteiger partial charge is 0.298 e. The molecular formula is C12H12N2O2. The molecule has 0 amide bonds. The van der Waals surface area contributed by atoms with Gasteiger partial charge in [-0.1, -0.05) is 18.2 Å². The van der Waals surface area contributed by atoms with Gasteiger partial charge < -0.3 is 0 Å². The van der Waals surface area contributed by atoms with Crippen LogP contribution >= 0.6 is 0 Å². The average Bonchev–Trinajstić information content (AvgIpc) is 2.55. The van der Waals surface area contributed by atoms with Crippen LogP contribution in [0.2, 0.25) is 0 Å². The molecule has 1 aromatic heterocycles. The maximum Gasteiger partial charge on any atom is 0.282 e. The van der Waals surface area contributed by atoms with Gasteiger partial charge in [-0.3, -0.25) is 14.7 Å². The van der Waals surface area contributed by atoms with Crippen LogP contribution in [-0.2, 0) is 0 Å². The highest BCUT2D eigenvalue weighted by Gasteiger charge is 2.11. The summed E-state index contributed by atoms with van der Waals surface area (Å²) in [5.41, 5.74) is 2.21. The quantitative estimate of drug-likeness (QED) is 0.775. The monoisotopic (exact) mass is 216 g/mol. The van der Waals surface area contributed by atoms with Crippen molar-refractivity contribution in [2.75, 3.05) is 0 Å². The van der Waals surface area contributed by atoms with Crippen LogP contribution in [0, 0.1) is 13.8 Å². The molecule has 2 rings (SSSR count). The zero-order valence-electron chi connectivity index (χ0n) is 9.15. The highest BCUT2D eigenvalue weighted by atomic mass is 16.1. The Morgan fingerprint density at radius 2 is 1.94 bits per heavy atom. The summed E-state index contributed by atoms with van der Waals surface area (Å²) in [4.78, 5) is 22.6. The van der Waals surface area contributed by atoms with Gasteiger partial charge >= 0.3 is 0 Å². The van der Waals surface area contributed by atoms with Crippen molar-refractivity contribution < 1.29 is 4.79 Å². The molecule has 0 spiro atoms. The van der Waals surface area contributed by atoms with Crippen LogP contribution in [0.5, 0.6) is 0 Å². The molecule has 16 heavy (non-hydrogen) atoms. The molecule has 0 radical (unpaired) electrons. The van der Waals surface area contributed by atoms with Crippen LogP contribution in [-0.4, -0.2) is 16.1 Å². The Morgan fingerprint density at radius 1 is 1.25 bits per heavy atom. The lowest BCUT2D eigenvalue weighted by Crippen LogP contribution is -2.17. The van der Waals surface area contributed by atoms with E-state index in [1.54, 1.807) is 6.92 Å². The Balaban J connectivity index is 2.71. The molecule has 0 aliphatic heterocycles. The number of hydrogen-bond acceptors (Lipinski definition) is 2. The maximum absolute atomic E-state index is 11.9. The summed E-state index contributed by atoms with van der Waals surface area (Å²) in [5.74, 6) is 0. The molecule has 0 fully saturated rings. The molecule has 1 aromatic carbocycles. The third-order valence-corrected chi connectivity index (χ3v) is 2.59. The second-order valence-electron chi connectivity index (χ2n) is 3.70. The second kappa shape index (κ2) is 3.81. The van der Waals surface area contributed by atoms with Gasteiger partial charge in [-0.05, 0) is 25.5 Å². The maximum atomic E-state index is 11.9. The number of aromatic nitrogens is 2. The van der Waals surface area contributed by atoms with E-state index in [4.69, 9.17) is 0 Å². The standard InChI is InChI=1S/C12H12N2O2/c1-8-5-3-4-6-11(8)14-12(16)10(7-15)9(2)13-14/h3-7,13H,1-2H3. The Kier molecular flexibility index (Phi) is 2.48. The fraction of sp³-hybridized carbons (Fsp3) is 0.167. The number of hydrogen-bond donors (Lipinski definition) is 1. The molecule has 4 heteroatoms. The third-order valence-electron chi connectivity index (χ3n) is 2.59. The van der Waals surface area contributed by atoms with Gasteiger partial charge in [-0.2, -0.15) is 0 Å². The van der Waals surface area contributed by atoms with Crippen LogP contribution in [0.15, 0.2) is 29.1 Å². The van der Waals surface area contributed by atoms with E-state index in [1.807, 2.05) is 31.2 Å². The van der Waals surface area contributed by atoms with Gasteiger partial charge in [-0.15, -0.1) is 0 Å². The van der Waals surface area contributed by atoms with Crippen molar-refractivity contribution in [3.63, 3.8) is 0 Å². The molecule has 0 aliphatic carbocycles. The fourth-order valence-corrected chi connectivity index (χ4v) is 1.68. The number of nitrogens with zero attached hydrogens (tertiary/aromatic N) is 1. The number of aromatic amines is 1. The van der Waals surface area contributed by atoms with E-state index >= 15 is 0 Å². The lowest BCUT2D eigenvalue weighted by atomic mass is 10.2. The number of aldehydes is 1. The third kappa shape index (κ3) is 1.48. The summed E-state index contributed by atoms with van der Waals surface area (Å²) in [6.07, 6.45) is 0.586. The normalized spacial score (nSPS) is 10.4. The number of rotatable bonds is 2. The summed E-state index contributed by atoms with van der Waals surface area (Å²) < 4.78 is 1.40. The molecule has 1 N–H and O–H groups in total. The van der Waals surface area contributed by atoms with Crippen LogP contribution < -0.4 is 5.56 Å². The van der Waals surface area contributed by atoms with Crippen molar-refractivity contribution in [3.8, 4) is 5.69 Å². The Hall–Kier alpha value is -2.10. The summed E-state index contributed by atoms with van der Waals surface area (Å²) in [6.45, 7) is 3.62. The van der Waals surface area contributed by atoms with Crippen LogP contribution in [0.4, 0.5) is 0 Å². The molecule has 4 nitrogen and oxygen atoms in total. The number of carbonyl (C=O) groups excluding carboxylic acids is 1. The van der Waals surface area contributed by atoms with Gasteiger partial charge in [0.2, 0.25) is 0 Å². The predicted octanol–water partition coefficient (Wildman–Crippen LogP) is 1.59. The van der Waals surface area contributed by atoms with E-state index in [-0.39, 0.29) is 11.1 Å². The fourth-order valence-electron chi connectivity index (χ4n) is 1.68. The van der Waals surface area contributed by atoms with Gasteiger partial charge in [0.25, 0.3) is 5.56 Å². The summed E-state index contributed by atoms with van der Waals surface area (Å²) in [5, 5.41) is 2.89. The predicted molar refractivity (Wildman–Crippen MR) is 61.3 cm³/mol. The van der Waals surface area contributed by atoms with Crippen LogP contribution in [0.25, 0.3) is 5.69 Å². The zero-order valence-corrected chi connectivity index (χ0v) is 9.15. The van der Waals surface area contributed by atoms with Crippen molar-refractivity contribution in [2.45, 2.75) is 13.8 Å². The highest BCUT2D eigenvalue weighted by Crippen LogP contribution is 2.11. The first-order valence-corrected chi connectivity index (χ1v) is 4.98. The molecule has 0 bridgehead atoms. The number of benzene rings is 1. The zero-order chi connectivity index (χ0) is 11.7. The molecule has 0 saturated carbocycles. The van der Waals surface area contributed by atoms with Gasteiger partial charge in [-0.25, -0.2) is 4.68 Å². The first-order valence-electron chi connectivity index (χ1n) is 4.98. The minimum Gasteiger partial charge on any atom is -0.298 e. The van der Waals surface area contributed by atoms with E-state index < -0.39 is 0 Å². The smallest absolute Gasteiger partial charge is 0.282 e. The van der Waals surface area contributed by atoms with E-state index in [2.05, 4.69) is 5.10 Å². The minimum absolute atomic E-state index is 0.184. The molecule has 2 aromatic rings. The first-order chi connectivity index (χ1) is 7.65. The van der Waals surface area contributed by atoms with E-state index in [0.717, 1.165) is 11.3 Å². The van der Waals surface area contributed by atoms with E-state index in [0.29, 0.717) is 12.0 Å². The van der Waals surface area contributed by atoms with Crippen LogP contribution in [0.1, 0.15) is 21.6 Å². The first kappa shape index (κ1) is 10.4. The van der Waals surface area contributed by atoms with Crippen molar-refractivity contribution in [2.24, 2.45) is 0 Å². The Labute approximate surface area is 92.5 Å². The topological polar surface area (TPSA) is 54.9 Å². The highest BCUT2D eigenvalue weighted by molar-refractivity contribution is 5.76. The minimum atomic E-state index is -0.304. The number of aryl methyl sites for hydroxylation is 2. The van der Waals surface area contributed by atoms with E-state index in [9.17, 15) is 9.59 Å². The average molecular weight is 216 g/mol. The SMILES string of the molecule is Cc1ccccc1-n1[nH]c(C)c(C=O)c1=O. The molecule has 0 aliphatic rings. The van der Waals surface area contributed by atoms with Crippen molar-refractivity contribution >= 4 is 6.29 Å². The van der Waals surface area contributed by atoms with Gasteiger partial charge in [0.05, 0.1) is 5.69 Å². The van der Waals surface area contributed by atoms with Gasteiger partial charge in [0.1, 0.15) is 5.56 Å². The van der Waals surface area contributed by atoms with Crippen LogP contribution in [0.3, 0.4) is 0 Å². The summed E-state index contributed by atoms with van der Waals surface area (Å²) >= 11 is 0. The van der Waals surface area contributed by atoms with E-state index in [1.165, 1.54) is 4.68 Å². The Morgan fingerprint density at radius 3 is 2.50 bits per heavy atom. The lowest BCUT2D eigenvalue weighted by Gasteiger charge is -2.04. The number of H-pyrrole nitrogens is 1. The van der Waals surface area contributed by atoms with Gasteiger partial charge in [0, 0.05) is 5.69 Å². The van der Waals surface area contributed by atoms with Gasteiger partial charge in [0.15, 0.2) is 6.29 Å². The molecule has 0 atom stereocenters. The lowest BCUT2D eigenvalue weighted by molar-refractivity contribution is 0.112. The Bertz CT molecular complexity index is 593. The molecule has 82 valence electrons.